The Hall–Kier alpha value is -1.35. The number of carbonyl (C=O) groups is 1. The molecule has 0 saturated heterocycles. The average Bonchev–Trinajstić information content (AvgIpc) is 2.40. The fourth-order valence-electron chi connectivity index (χ4n) is 2.42. The molecule has 3 heteroatoms. The molecule has 0 spiro atoms. The van der Waals surface area contributed by atoms with Gasteiger partial charge in [-0.1, -0.05) is 50.1 Å². The summed E-state index contributed by atoms with van der Waals surface area (Å²) in [5, 5.41) is 0. The number of hydrogen-bond donors (Lipinski definition) is 1. The Morgan fingerprint density at radius 1 is 1.20 bits per heavy atom. The van der Waals surface area contributed by atoms with Crippen LogP contribution in [0.25, 0.3) is 0 Å². The lowest BCUT2D eigenvalue weighted by molar-refractivity contribution is -0.137. The van der Waals surface area contributed by atoms with Gasteiger partial charge in [0.25, 0.3) is 0 Å². The van der Waals surface area contributed by atoms with Crippen LogP contribution in [-0.4, -0.2) is 22.9 Å². The summed E-state index contributed by atoms with van der Waals surface area (Å²) in [6.45, 7) is 9.45. The van der Waals surface area contributed by atoms with Crippen LogP contribution in [0.3, 0.4) is 0 Å². The maximum atomic E-state index is 12.6. The second-order valence-corrected chi connectivity index (χ2v) is 5.88. The van der Waals surface area contributed by atoms with Crippen molar-refractivity contribution >= 4 is 5.91 Å². The molecule has 0 radical (unpaired) electrons. The van der Waals surface area contributed by atoms with Gasteiger partial charge in [-0.3, -0.25) is 4.79 Å². The van der Waals surface area contributed by atoms with Gasteiger partial charge in [-0.15, -0.1) is 0 Å². The molecule has 112 valence electrons. The summed E-state index contributed by atoms with van der Waals surface area (Å²) in [6, 6.07) is 8.33. The van der Waals surface area contributed by atoms with E-state index in [9.17, 15) is 4.79 Å². The Morgan fingerprint density at radius 2 is 1.80 bits per heavy atom. The van der Waals surface area contributed by atoms with Crippen LogP contribution in [0.1, 0.15) is 51.2 Å². The highest BCUT2D eigenvalue weighted by atomic mass is 16.2. The molecule has 0 saturated carbocycles. The molecule has 0 heterocycles. The third-order valence-corrected chi connectivity index (χ3v) is 3.53. The van der Waals surface area contributed by atoms with Crippen LogP contribution in [0.4, 0.5) is 0 Å². The van der Waals surface area contributed by atoms with Crippen molar-refractivity contribution in [2.45, 2.75) is 59.0 Å². The number of amides is 1. The van der Waals surface area contributed by atoms with E-state index in [4.69, 9.17) is 5.73 Å². The van der Waals surface area contributed by atoms with Gasteiger partial charge in [-0.05, 0) is 32.3 Å². The summed E-state index contributed by atoms with van der Waals surface area (Å²) < 4.78 is 0. The lowest BCUT2D eigenvalue weighted by atomic mass is 9.95. The number of benzene rings is 1. The van der Waals surface area contributed by atoms with E-state index in [2.05, 4.69) is 45.0 Å². The molecule has 1 rings (SSSR count). The Bertz CT molecular complexity index is 423. The molecule has 0 fully saturated rings. The van der Waals surface area contributed by atoms with Gasteiger partial charge in [-0.2, -0.15) is 0 Å². The fourth-order valence-corrected chi connectivity index (χ4v) is 2.42. The second kappa shape index (κ2) is 7.44. The van der Waals surface area contributed by atoms with Gasteiger partial charge in [0.1, 0.15) is 0 Å². The summed E-state index contributed by atoms with van der Waals surface area (Å²) in [5.41, 5.74) is 7.82. The van der Waals surface area contributed by atoms with E-state index in [1.165, 1.54) is 5.56 Å². The molecule has 0 aromatic heterocycles. The van der Waals surface area contributed by atoms with Crippen molar-refractivity contribution in [2.24, 2.45) is 5.73 Å². The number of nitrogens with two attached hydrogens (primary N) is 1. The van der Waals surface area contributed by atoms with Crippen LogP contribution in [0.5, 0.6) is 0 Å². The molecule has 0 aliphatic rings. The van der Waals surface area contributed by atoms with Crippen molar-refractivity contribution in [2.75, 3.05) is 6.54 Å². The van der Waals surface area contributed by atoms with Crippen LogP contribution in [0, 0.1) is 6.92 Å². The molecular weight excluding hydrogens is 248 g/mol. The monoisotopic (exact) mass is 276 g/mol. The van der Waals surface area contributed by atoms with Crippen molar-refractivity contribution in [3.05, 3.63) is 35.4 Å². The summed E-state index contributed by atoms with van der Waals surface area (Å²) >= 11 is 0. The van der Waals surface area contributed by atoms with Crippen LogP contribution in [0.15, 0.2) is 24.3 Å². The van der Waals surface area contributed by atoms with Gasteiger partial charge in [0.2, 0.25) is 5.91 Å². The van der Waals surface area contributed by atoms with E-state index in [0.717, 1.165) is 31.4 Å². The molecule has 0 aliphatic carbocycles. The summed E-state index contributed by atoms with van der Waals surface area (Å²) in [5.74, 6) is 0.0572. The zero-order chi connectivity index (χ0) is 15.2. The first-order chi connectivity index (χ1) is 9.40. The number of hydrogen-bond acceptors (Lipinski definition) is 2. The molecule has 0 aliphatic heterocycles. The highest BCUT2D eigenvalue weighted by Gasteiger charge is 2.31. The summed E-state index contributed by atoms with van der Waals surface area (Å²) in [6.07, 6.45) is 2.59. The molecule has 1 aromatic rings. The maximum absolute atomic E-state index is 12.6. The van der Waals surface area contributed by atoms with E-state index < -0.39 is 5.54 Å². The molecule has 3 nitrogen and oxygen atoms in total. The maximum Gasteiger partial charge on any atom is 0.242 e. The first-order valence-electron chi connectivity index (χ1n) is 7.54. The average molecular weight is 276 g/mol. The zero-order valence-electron chi connectivity index (χ0n) is 13.3. The number of carbonyl (C=O) groups excluding carboxylic acids is 1. The first-order valence-corrected chi connectivity index (χ1v) is 7.54. The topological polar surface area (TPSA) is 46.3 Å². The van der Waals surface area contributed by atoms with E-state index in [0.29, 0.717) is 6.54 Å². The Balaban J connectivity index is 2.83. The molecule has 20 heavy (non-hydrogen) atoms. The largest absolute Gasteiger partial charge is 0.337 e. The number of rotatable bonds is 7. The van der Waals surface area contributed by atoms with E-state index >= 15 is 0 Å². The van der Waals surface area contributed by atoms with Gasteiger partial charge in [0, 0.05) is 13.1 Å². The van der Waals surface area contributed by atoms with Gasteiger partial charge in [-0.25, -0.2) is 0 Å². The molecule has 1 aromatic carbocycles. The first kappa shape index (κ1) is 16.7. The minimum absolute atomic E-state index is 0.0572. The molecule has 1 amide bonds. The molecule has 1 atom stereocenters. The summed E-state index contributed by atoms with van der Waals surface area (Å²) in [4.78, 5) is 14.5. The van der Waals surface area contributed by atoms with Crippen molar-refractivity contribution in [1.82, 2.24) is 4.90 Å². The lowest BCUT2D eigenvalue weighted by Gasteiger charge is -2.31. The smallest absolute Gasteiger partial charge is 0.242 e. The van der Waals surface area contributed by atoms with Crippen LogP contribution in [-0.2, 0) is 11.3 Å². The SMILES string of the molecule is CCCN(Cc1ccc(C)cc1)C(=O)C(C)(N)CCC. The van der Waals surface area contributed by atoms with Crippen LogP contribution in [0.2, 0.25) is 0 Å². The number of aryl methyl sites for hydroxylation is 1. The van der Waals surface area contributed by atoms with E-state index in [1.807, 2.05) is 11.8 Å². The van der Waals surface area contributed by atoms with Crippen molar-refractivity contribution < 1.29 is 4.79 Å². The van der Waals surface area contributed by atoms with Gasteiger partial charge < -0.3 is 10.6 Å². The minimum atomic E-state index is -0.755. The minimum Gasteiger partial charge on any atom is -0.337 e. The molecular formula is C17H28N2O. The van der Waals surface area contributed by atoms with E-state index in [1.54, 1.807) is 0 Å². The summed E-state index contributed by atoms with van der Waals surface area (Å²) in [7, 11) is 0. The second-order valence-electron chi connectivity index (χ2n) is 5.88. The van der Waals surface area contributed by atoms with Crippen LogP contribution >= 0.6 is 0 Å². The zero-order valence-corrected chi connectivity index (χ0v) is 13.3. The molecule has 2 N–H and O–H groups in total. The standard InChI is InChI=1S/C17H28N2O/c1-5-11-17(4,18)16(20)19(12-6-2)13-15-9-7-14(3)8-10-15/h7-10H,5-6,11-13,18H2,1-4H3. The third kappa shape index (κ3) is 4.64. The van der Waals surface area contributed by atoms with Gasteiger partial charge in [0.15, 0.2) is 0 Å². The molecule has 0 bridgehead atoms. The van der Waals surface area contributed by atoms with Gasteiger partial charge in [0.05, 0.1) is 5.54 Å². The predicted molar refractivity (Wildman–Crippen MR) is 84.4 cm³/mol. The van der Waals surface area contributed by atoms with Crippen molar-refractivity contribution in [3.8, 4) is 0 Å². The third-order valence-electron chi connectivity index (χ3n) is 3.53. The lowest BCUT2D eigenvalue weighted by Crippen LogP contribution is -2.53. The quantitative estimate of drug-likeness (QED) is 0.831. The van der Waals surface area contributed by atoms with Crippen molar-refractivity contribution in [1.29, 1.82) is 0 Å². The normalized spacial score (nSPS) is 13.8. The number of nitrogens with zero attached hydrogens (tertiary/aromatic N) is 1. The Kier molecular flexibility index (Phi) is 6.21. The Labute approximate surface area is 123 Å². The van der Waals surface area contributed by atoms with Crippen molar-refractivity contribution in [3.63, 3.8) is 0 Å². The molecule has 1 unspecified atom stereocenters. The van der Waals surface area contributed by atoms with E-state index in [-0.39, 0.29) is 5.91 Å². The Morgan fingerprint density at radius 3 is 2.30 bits per heavy atom. The predicted octanol–water partition coefficient (Wildman–Crippen LogP) is 3.25. The highest BCUT2D eigenvalue weighted by molar-refractivity contribution is 5.85. The van der Waals surface area contributed by atoms with Gasteiger partial charge >= 0.3 is 0 Å². The van der Waals surface area contributed by atoms with Crippen LogP contribution < -0.4 is 5.73 Å². The fraction of sp³-hybridized carbons (Fsp3) is 0.588. The highest BCUT2D eigenvalue weighted by Crippen LogP contribution is 2.16.